The van der Waals surface area contributed by atoms with Crippen LogP contribution in [0.4, 0.5) is 21.7 Å². The molecule has 0 aromatic carbocycles. The van der Waals surface area contributed by atoms with E-state index in [-0.39, 0.29) is 29.3 Å². The summed E-state index contributed by atoms with van der Waals surface area (Å²) in [6, 6.07) is 2.82. The molecule has 0 saturated heterocycles. The Kier molecular flexibility index (Phi) is 6.64. The fraction of sp³-hybridized carbons (Fsp3) is 0.476. The van der Waals surface area contributed by atoms with E-state index in [0.29, 0.717) is 11.6 Å². The molecule has 8 heteroatoms. The maximum absolute atomic E-state index is 14.7. The predicted molar refractivity (Wildman–Crippen MR) is 113 cm³/mol. The summed E-state index contributed by atoms with van der Waals surface area (Å²) in [4.78, 5) is 20.4. The summed E-state index contributed by atoms with van der Waals surface area (Å²) >= 11 is 0. The van der Waals surface area contributed by atoms with Crippen molar-refractivity contribution in [3.8, 4) is 0 Å². The summed E-state index contributed by atoms with van der Waals surface area (Å²) in [7, 11) is 0. The van der Waals surface area contributed by atoms with E-state index < -0.39 is 11.7 Å². The molecule has 1 saturated carbocycles. The van der Waals surface area contributed by atoms with E-state index in [1.54, 1.807) is 6.20 Å². The number of nitrogens with one attached hydrogen (secondary N) is 2. The van der Waals surface area contributed by atoms with Crippen LogP contribution in [-0.4, -0.2) is 28.0 Å². The number of carbonyl (C=O) groups is 1. The summed E-state index contributed by atoms with van der Waals surface area (Å²) in [6.07, 6.45) is 8.21. The van der Waals surface area contributed by atoms with Gasteiger partial charge in [0.05, 0.1) is 17.4 Å². The molecule has 0 bridgehead atoms. The maximum Gasteiger partial charge on any atom is 0.252 e. The van der Waals surface area contributed by atoms with Crippen LogP contribution < -0.4 is 22.1 Å². The van der Waals surface area contributed by atoms with Gasteiger partial charge in [-0.3, -0.25) is 9.78 Å². The molecule has 3 rings (SSSR count). The number of amides is 1. The van der Waals surface area contributed by atoms with Crippen molar-refractivity contribution in [2.45, 2.75) is 64.0 Å². The van der Waals surface area contributed by atoms with Crippen molar-refractivity contribution in [3.63, 3.8) is 0 Å². The second-order valence-corrected chi connectivity index (χ2v) is 7.60. The van der Waals surface area contributed by atoms with Crippen molar-refractivity contribution < 1.29 is 9.18 Å². The number of pyridine rings is 2. The lowest BCUT2D eigenvalue weighted by molar-refractivity contribution is 0.100. The molecule has 29 heavy (non-hydrogen) atoms. The Morgan fingerprint density at radius 1 is 1.28 bits per heavy atom. The number of aromatic nitrogens is 2. The number of primary amides is 1. The topological polar surface area (TPSA) is 119 Å². The van der Waals surface area contributed by atoms with Gasteiger partial charge in [0.1, 0.15) is 5.82 Å². The molecular weight excluding hydrogens is 371 g/mol. The van der Waals surface area contributed by atoms with Crippen LogP contribution in [0.5, 0.6) is 0 Å². The normalized spacial score (nSPS) is 15.6. The second kappa shape index (κ2) is 9.17. The van der Waals surface area contributed by atoms with Crippen LogP contribution in [-0.2, 0) is 0 Å². The number of hydrogen-bond donors (Lipinski definition) is 4. The summed E-state index contributed by atoms with van der Waals surface area (Å²) in [5, 5.41) is 6.19. The number of carbonyl (C=O) groups excluding carboxylic acids is 1. The summed E-state index contributed by atoms with van der Waals surface area (Å²) < 4.78 is 14.7. The van der Waals surface area contributed by atoms with E-state index in [9.17, 15) is 9.18 Å². The fourth-order valence-corrected chi connectivity index (χ4v) is 3.34. The number of nitrogens with zero attached hydrogens (tertiary/aromatic N) is 2. The molecule has 2 atom stereocenters. The van der Waals surface area contributed by atoms with Crippen molar-refractivity contribution in [1.29, 1.82) is 0 Å². The zero-order valence-electron chi connectivity index (χ0n) is 16.9. The Bertz CT molecular complexity index is 870. The van der Waals surface area contributed by atoms with Crippen molar-refractivity contribution in [3.05, 3.63) is 41.5 Å². The first-order chi connectivity index (χ1) is 13.9. The highest BCUT2D eigenvalue weighted by atomic mass is 19.1. The van der Waals surface area contributed by atoms with Crippen LogP contribution in [0.1, 0.15) is 67.8 Å². The molecule has 0 radical (unpaired) electrons. The molecule has 7 nitrogen and oxygen atoms in total. The Morgan fingerprint density at radius 2 is 2.03 bits per heavy atom. The van der Waals surface area contributed by atoms with Crippen molar-refractivity contribution in [2.75, 3.05) is 10.6 Å². The molecule has 1 aliphatic carbocycles. The first-order valence-corrected chi connectivity index (χ1v) is 10.2. The van der Waals surface area contributed by atoms with Crippen LogP contribution in [0.2, 0.25) is 0 Å². The average Bonchev–Trinajstić information content (AvgIpc) is 3.54. The maximum atomic E-state index is 14.7. The van der Waals surface area contributed by atoms with E-state index in [1.807, 2.05) is 26.1 Å². The zero-order chi connectivity index (χ0) is 21.0. The van der Waals surface area contributed by atoms with Gasteiger partial charge >= 0.3 is 0 Å². The molecule has 156 valence electrons. The van der Waals surface area contributed by atoms with Crippen molar-refractivity contribution in [1.82, 2.24) is 9.97 Å². The van der Waals surface area contributed by atoms with E-state index in [0.717, 1.165) is 43.7 Å². The zero-order valence-corrected chi connectivity index (χ0v) is 16.9. The number of rotatable bonds is 10. The fourth-order valence-electron chi connectivity index (χ4n) is 3.34. The molecule has 1 aliphatic rings. The predicted octanol–water partition coefficient (Wildman–Crippen LogP) is 3.65. The van der Waals surface area contributed by atoms with Gasteiger partial charge in [0.2, 0.25) is 0 Å². The van der Waals surface area contributed by atoms with Gasteiger partial charge in [-0.1, -0.05) is 20.3 Å². The first kappa shape index (κ1) is 21.0. The molecule has 0 aliphatic heterocycles. The van der Waals surface area contributed by atoms with E-state index >= 15 is 0 Å². The molecule has 6 N–H and O–H groups in total. The third kappa shape index (κ3) is 5.20. The van der Waals surface area contributed by atoms with Gasteiger partial charge in [-0.2, -0.15) is 0 Å². The number of anilines is 3. The third-order valence-corrected chi connectivity index (χ3v) is 5.22. The Balaban J connectivity index is 1.91. The Morgan fingerprint density at radius 3 is 2.66 bits per heavy atom. The number of nitrogens with two attached hydrogens (primary N) is 2. The second-order valence-electron chi connectivity index (χ2n) is 7.60. The lowest BCUT2D eigenvalue weighted by Crippen LogP contribution is -2.40. The molecular formula is C21H29FN6O. The van der Waals surface area contributed by atoms with Crippen molar-refractivity contribution in [2.24, 2.45) is 11.5 Å². The van der Waals surface area contributed by atoms with Crippen LogP contribution in [0.25, 0.3) is 0 Å². The van der Waals surface area contributed by atoms with Gasteiger partial charge < -0.3 is 22.1 Å². The van der Waals surface area contributed by atoms with Gasteiger partial charge in [-0.25, -0.2) is 9.37 Å². The first-order valence-electron chi connectivity index (χ1n) is 10.2. The summed E-state index contributed by atoms with van der Waals surface area (Å²) in [5.74, 6) is -0.628. The Labute approximate surface area is 170 Å². The number of hydrogen-bond acceptors (Lipinski definition) is 6. The monoisotopic (exact) mass is 400 g/mol. The smallest absolute Gasteiger partial charge is 0.252 e. The molecule has 2 heterocycles. The highest BCUT2D eigenvalue weighted by Gasteiger charge is 2.24. The quantitative estimate of drug-likeness (QED) is 0.483. The van der Waals surface area contributed by atoms with Gasteiger partial charge in [-0.15, -0.1) is 0 Å². The minimum Gasteiger partial charge on any atom is -0.365 e. The van der Waals surface area contributed by atoms with Gasteiger partial charge in [0.25, 0.3) is 5.91 Å². The lowest BCUT2D eigenvalue weighted by Gasteiger charge is -2.25. The average molecular weight is 401 g/mol. The third-order valence-electron chi connectivity index (χ3n) is 5.22. The minimum atomic E-state index is -0.757. The van der Waals surface area contributed by atoms with Crippen LogP contribution >= 0.6 is 0 Å². The van der Waals surface area contributed by atoms with Crippen LogP contribution in [0.3, 0.4) is 0 Å². The van der Waals surface area contributed by atoms with Gasteiger partial charge in [0.15, 0.2) is 11.6 Å². The van der Waals surface area contributed by atoms with Gasteiger partial charge in [0, 0.05) is 18.3 Å². The molecule has 2 aromatic rings. The Hall–Kier alpha value is -2.74. The molecule has 0 unspecified atom stereocenters. The lowest BCUT2D eigenvalue weighted by atomic mass is 10.0. The highest BCUT2D eigenvalue weighted by Crippen LogP contribution is 2.40. The SMILES string of the molecule is CCC[C@@H](Nc1nc(Nc2cncc(C3CC3)c2)c(C(N)=O)cc1F)[C@@H](N)CC. The molecule has 0 spiro atoms. The van der Waals surface area contributed by atoms with E-state index in [2.05, 4.69) is 20.6 Å². The van der Waals surface area contributed by atoms with Gasteiger partial charge in [-0.05, 0) is 49.3 Å². The van der Waals surface area contributed by atoms with Crippen molar-refractivity contribution >= 4 is 23.2 Å². The highest BCUT2D eigenvalue weighted by molar-refractivity contribution is 5.98. The summed E-state index contributed by atoms with van der Waals surface area (Å²) in [6.45, 7) is 4.03. The molecule has 2 aromatic heterocycles. The standard InChI is InChI=1S/C21H29FN6O/c1-3-5-18(17(23)4-2)27-21-16(22)9-15(19(24)29)20(28-21)26-14-8-13(10-25-11-14)12-6-7-12/h8-12,17-18H,3-7,23H2,1-2H3,(H2,24,29)(H2,26,27,28)/t17-,18+/m0/s1. The minimum absolute atomic E-state index is 0.0169. The van der Waals surface area contributed by atoms with E-state index in [4.69, 9.17) is 11.5 Å². The van der Waals surface area contributed by atoms with Crippen LogP contribution in [0, 0.1) is 5.82 Å². The number of halogens is 1. The molecule has 1 fully saturated rings. The van der Waals surface area contributed by atoms with Crippen LogP contribution in [0.15, 0.2) is 24.5 Å². The van der Waals surface area contributed by atoms with E-state index in [1.165, 1.54) is 0 Å². The molecule has 1 amide bonds. The largest absolute Gasteiger partial charge is 0.365 e. The summed E-state index contributed by atoms with van der Waals surface area (Å²) in [5.41, 5.74) is 13.4.